The number of amides is 1. The van der Waals surface area contributed by atoms with Gasteiger partial charge < -0.3 is 10.0 Å². The molecule has 26 heavy (non-hydrogen) atoms. The third kappa shape index (κ3) is 3.35. The van der Waals surface area contributed by atoms with E-state index in [1.54, 1.807) is 48.7 Å². The van der Waals surface area contributed by atoms with Crippen molar-refractivity contribution in [1.82, 2.24) is 9.88 Å². The van der Waals surface area contributed by atoms with E-state index in [1.165, 1.54) is 4.90 Å². The number of aromatic nitrogens is 1. The van der Waals surface area contributed by atoms with E-state index in [0.29, 0.717) is 22.8 Å². The van der Waals surface area contributed by atoms with Gasteiger partial charge in [0.25, 0.3) is 11.7 Å². The SMILES string of the molecule is CC(C)CN1C(=O)C(=O)C(=C(O)c2ccc(Cl)cc2)C1c1ccccn1. The fraction of sp³-hybridized carbons (Fsp3) is 0.250. The summed E-state index contributed by atoms with van der Waals surface area (Å²) in [6.45, 7) is 4.32. The maximum atomic E-state index is 12.7. The fourth-order valence-electron chi connectivity index (χ4n) is 3.07. The first-order valence-corrected chi connectivity index (χ1v) is 8.73. The summed E-state index contributed by atoms with van der Waals surface area (Å²) in [6, 6.07) is 11.1. The van der Waals surface area contributed by atoms with Gasteiger partial charge in [0.15, 0.2) is 0 Å². The Kier molecular flexibility index (Phi) is 5.09. The number of aliphatic hydroxyl groups excluding tert-OH is 1. The molecule has 6 heteroatoms. The predicted octanol–water partition coefficient (Wildman–Crippen LogP) is 3.81. The number of ketones is 1. The third-order valence-corrected chi connectivity index (χ3v) is 4.44. The first-order valence-electron chi connectivity index (χ1n) is 8.35. The van der Waals surface area contributed by atoms with Crippen LogP contribution in [0, 0.1) is 5.92 Å². The smallest absolute Gasteiger partial charge is 0.295 e. The standard InChI is InChI=1S/C20H19ClN2O3/c1-12(2)11-23-17(15-5-3-4-10-22-15)16(19(25)20(23)26)18(24)13-6-8-14(21)9-7-13/h3-10,12,17,24H,11H2,1-2H3. The number of carbonyl (C=O) groups excluding carboxylic acids is 2. The molecular formula is C20H19ClN2O3. The monoisotopic (exact) mass is 370 g/mol. The zero-order valence-corrected chi connectivity index (χ0v) is 15.3. The molecule has 1 aliphatic rings. The van der Waals surface area contributed by atoms with Crippen LogP contribution in [0.15, 0.2) is 54.2 Å². The molecular weight excluding hydrogens is 352 g/mol. The molecule has 3 rings (SSSR count). The number of halogens is 1. The van der Waals surface area contributed by atoms with Crippen LogP contribution in [-0.2, 0) is 9.59 Å². The van der Waals surface area contributed by atoms with E-state index >= 15 is 0 Å². The lowest BCUT2D eigenvalue weighted by Crippen LogP contribution is -2.33. The van der Waals surface area contributed by atoms with Crippen molar-refractivity contribution in [3.8, 4) is 0 Å². The molecule has 1 amide bonds. The van der Waals surface area contributed by atoms with Crippen molar-refractivity contribution in [2.24, 2.45) is 5.92 Å². The number of rotatable bonds is 4. The van der Waals surface area contributed by atoms with Gasteiger partial charge in [-0.25, -0.2) is 0 Å². The lowest BCUT2D eigenvalue weighted by molar-refractivity contribution is -0.140. The second-order valence-corrected chi connectivity index (χ2v) is 7.04. The highest BCUT2D eigenvalue weighted by molar-refractivity contribution is 6.46. The number of carbonyl (C=O) groups is 2. The molecule has 1 atom stereocenters. The Labute approximate surface area is 156 Å². The van der Waals surface area contributed by atoms with Crippen LogP contribution in [0.5, 0.6) is 0 Å². The minimum atomic E-state index is -0.714. The van der Waals surface area contributed by atoms with Crippen LogP contribution >= 0.6 is 11.6 Å². The quantitative estimate of drug-likeness (QED) is 0.504. The summed E-state index contributed by atoms with van der Waals surface area (Å²) in [4.78, 5) is 31.1. The van der Waals surface area contributed by atoms with Crippen molar-refractivity contribution in [2.75, 3.05) is 6.54 Å². The van der Waals surface area contributed by atoms with Gasteiger partial charge in [0.2, 0.25) is 0 Å². The maximum Gasteiger partial charge on any atom is 0.295 e. The number of benzene rings is 1. The molecule has 2 heterocycles. The van der Waals surface area contributed by atoms with Gasteiger partial charge in [0, 0.05) is 23.3 Å². The largest absolute Gasteiger partial charge is 0.507 e. The highest BCUT2D eigenvalue weighted by Crippen LogP contribution is 2.38. The number of aliphatic hydroxyl groups is 1. The summed E-state index contributed by atoms with van der Waals surface area (Å²) in [6.07, 6.45) is 1.60. The number of pyridine rings is 1. The fourth-order valence-corrected chi connectivity index (χ4v) is 3.20. The van der Waals surface area contributed by atoms with E-state index in [4.69, 9.17) is 11.6 Å². The first-order chi connectivity index (χ1) is 12.4. The van der Waals surface area contributed by atoms with E-state index in [2.05, 4.69) is 4.98 Å². The summed E-state index contributed by atoms with van der Waals surface area (Å²) in [5, 5.41) is 11.3. The summed E-state index contributed by atoms with van der Waals surface area (Å²) >= 11 is 5.90. The van der Waals surface area contributed by atoms with Gasteiger partial charge in [-0.15, -0.1) is 0 Å². The molecule has 1 fully saturated rings. The average Bonchev–Trinajstić information content (AvgIpc) is 2.87. The predicted molar refractivity (Wildman–Crippen MR) is 99.5 cm³/mol. The normalized spacial score (nSPS) is 19.4. The van der Waals surface area contributed by atoms with Gasteiger partial charge in [-0.3, -0.25) is 14.6 Å². The van der Waals surface area contributed by atoms with E-state index < -0.39 is 17.7 Å². The lowest BCUT2D eigenvalue weighted by atomic mass is 9.98. The Morgan fingerprint density at radius 1 is 1.19 bits per heavy atom. The summed E-state index contributed by atoms with van der Waals surface area (Å²) < 4.78 is 0. The van der Waals surface area contributed by atoms with Gasteiger partial charge in [-0.1, -0.05) is 31.5 Å². The van der Waals surface area contributed by atoms with E-state index in [9.17, 15) is 14.7 Å². The van der Waals surface area contributed by atoms with Gasteiger partial charge in [-0.2, -0.15) is 0 Å². The van der Waals surface area contributed by atoms with Crippen LogP contribution in [-0.4, -0.2) is 33.2 Å². The molecule has 1 unspecified atom stereocenters. The van der Waals surface area contributed by atoms with Crippen LogP contribution in [0.25, 0.3) is 5.76 Å². The van der Waals surface area contributed by atoms with Crippen LogP contribution < -0.4 is 0 Å². The van der Waals surface area contributed by atoms with Crippen molar-refractivity contribution in [1.29, 1.82) is 0 Å². The highest BCUT2D eigenvalue weighted by atomic mass is 35.5. The van der Waals surface area contributed by atoms with Crippen molar-refractivity contribution < 1.29 is 14.7 Å². The number of hydrogen-bond acceptors (Lipinski definition) is 4. The number of hydrogen-bond donors (Lipinski definition) is 1. The summed E-state index contributed by atoms with van der Waals surface area (Å²) in [5.41, 5.74) is 1.03. The second-order valence-electron chi connectivity index (χ2n) is 6.61. The lowest BCUT2D eigenvalue weighted by Gasteiger charge is -2.26. The molecule has 0 radical (unpaired) electrons. The average molecular weight is 371 g/mol. The zero-order chi connectivity index (χ0) is 18.8. The third-order valence-electron chi connectivity index (χ3n) is 4.19. The topological polar surface area (TPSA) is 70.5 Å². The summed E-state index contributed by atoms with van der Waals surface area (Å²) in [5.74, 6) is -1.38. The Morgan fingerprint density at radius 3 is 2.46 bits per heavy atom. The number of likely N-dealkylation sites (tertiary alicyclic amines) is 1. The molecule has 134 valence electrons. The molecule has 1 saturated heterocycles. The number of nitrogens with zero attached hydrogens (tertiary/aromatic N) is 2. The Hall–Kier alpha value is -2.66. The minimum Gasteiger partial charge on any atom is -0.507 e. The molecule has 1 aromatic heterocycles. The minimum absolute atomic E-state index is 0.0525. The van der Waals surface area contributed by atoms with Crippen LogP contribution in [0.1, 0.15) is 31.1 Å². The maximum absolute atomic E-state index is 12.7. The van der Waals surface area contributed by atoms with Crippen molar-refractivity contribution >= 4 is 29.1 Å². The Bertz CT molecular complexity index is 860. The van der Waals surface area contributed by atoms with E-state index in [-0.39, 0.29) is 17.3 Å². The van der Waals surface area contributed by atoms with E-state index in [1.807, 2.05) is 13.8 Å². The van der Waals surface area contributed by atoms with Crippen LogP contribution in [0.2, 0.25) is 5.02 Å². The summed E-state index contributed by atoms with van der Waals surface area (Å²) in [7, 11) is 0. The molecule has 0 bridgehead atoms. The van der Waals surface area contributed by atoms with Gasteiger partial charge in [0.1, 0.15) is 11.8 Å². The molecule has 1 N–H and O–H groups in total. The van der Waals surface area contributed by atoms with Crippen LogP contribution in [0.3, 0.4) is 0 Å². The zero-order valence-electron chi connectivity index (χ0n) is 14.5. The second kappa shape index (κ2) is 7.30. The molecule has 2 aromatic rings. The van der Waals surface area contributed by atoms with Crippen molar-refractivity contribution in [2.45, 2.75) is 19.9 Å². The first kappa shape index (κ1) is 18.1. The molecule has 1 aromatic carbocycles. The van der Waals surface area contributed by atoms with Crippen LogP contribution in [0.4, 0.5) is 0 Å². The Morgan fingerprint density at radius 2 is 1.88 bits per heavy atom. The molecule has 0 saturated carbocycles. The Balaban J connectivity index is 2.17. The number of Topliss-reactive ketones (excluding diaryl/α,β-unsaturated/α-hetero) is 1. The van der Waals surface area contributed by atoms with Gasteiger partial charge in [-0.05, 0) is 42.3 Å². The van der Waals surface area contributed by atoms with Crippen molar-refractivity contribution in [3.05, 3.63) is 70.5 Å². The van der Waals surface area contributed by atoms with Crippen molar-refractivity contribution in [3.63, 3.8) is 0 Å². The highest BCUT2D eigenvalue weighted by Gasteiger charge is 2.46. The van der Waals surface area contributed by atoms with Gasteiger partial charge >= 0.3 is 0 Å². The molecule has 0 spiro atoms. The molecule has 5 nitrogen and oxygen atoms in total. The molecule has 1 aliphatic heterocycles. The molecule has 0 aliphatic carbocycles. The van der Waals surface area contributed by atoms with E-state index in [0.717, 1.165) is 0 Å². The van der Waals surface area contributed by atoms with Gasteiger partial charge in [0.05, 0.1) is 11.3 Å².